The summed E-state index contributed by atoms with van der Waals surface area (Å²) in [7, 11) is 0. The van der Waals surface area contributed by atoms with Crippen molar-refractivity contribution in [3.63, 3.8) is 0 Å². The monoisotopic (exact) mass is 136 g/mol. The SMILES string of the molecule is Nc1cnc2c(c1)NCN2. The number of rotatable bonds is 0. The van der Waals surface area contributed by atoms with Crippen LogP contribution in [0.3, 0.4) is 0 Å². The molecule has 0 spiro atoms. The van der Waals surface area contributed by atoms with Gasteiger partial charge in [-0.1, -0.05) is 0 Å². The molecule has 0 aromatic carbocycles. The van der Waals surface area contributed by atoms with Crippen LogP contribution in [0.25, 0.3) is 0 Å². The van der Waals surface area contributed by atoms with Crippen molar-refractivity contribution in [1.29, 1.82) is 0 Å². The minimum Gasteiger partial charge on any atom is -0.397 e. The fourth-order valence-corrected chi connectivity index (χ4v) is 0.980. The molecule has 0 fully saturated rings. The third-order valence-electron chi connectivity index (χ3n) is 1.44. The number of aromatic nitrogens is 1. The maximum Gasteiger partial charge on any atom is 0.150 e. The second-order valence-corrected chi connectivity index (χ2v) is 2.20. The molecule has 10 heavy (non-hydrogen) atoms. The summed E-state index contributed by atoms with van der Waals surface area (Å²) in [5, 5.41) is 6.14. The minimum atomic E-state index is 0.690. The third kappa shape index (κ3) is 0.655. The maximum absolute atomic E-state index is 5.50. The number of anilines is 3. The normalized spacial score (nSPS) is 13.6. The molecule has 4 heteroatoms. The topological polar surface area (TPSA) is 63.0 Å². The molecular weight excluding hydrogens is 128 g/mol. The van der Waals surface area contributed by atoms with Crippen LogP contribution >= 0.6 is 0 Å². The van der Waals surface area contributed by atoms with Gasteiger partial charge in [0.05, 0.1) is 24.2 Å². The number of hydrogen-bond acceptors (Lipinski definition) is 4. The Labute approximate surface area is 58.4 Å². The van der Waals surface area contributed by atoms with Crippen molar-refractivity contribution >= 4 is 17.2 Å². The van der Waals surface area contributed by atoms with E-state index >= 15 is 0 Å². The molecule has 0 amide bonds. The average Bonchev–Trinajstić information content (AvgIpc) is 2.33. The molecule has 2 heterocycles. The fourth-order valence-electron chi connectivity index (χ4n) is 0.980. The van der Waals surface area contributed by atoms with Gasteiger partial charge in [0, 0.05) is 0 Å². The van der Waals surface area contributed by atoms with Crippen LogP contribution in [-0.2, 0) is 0 Å². The maximum atomic E-state index is 5.50. The van der Waals surface area contributed by atoms with Crippen molar-refractivity contribution in [1.82, 2.24) is 4.98 Å². The summed E-state index contributed by atoms with van der Waals surface area (Å²) in [5.41, 5.74) is 7.18. The number of fused-ring (bicyclic) bond motifs is 1. The first-order chi connectivity index (χ1) is 4.86. The van der Waals surface area contributed by atoms with E-state index in [2.05, 4.69) is 15.6 Å². The first-order valence-corrected chi connectivity index (χ1v) is 3.09. The molecule has 0 atom stereocenters. The van der Waals surface area contributed by atoms with Crippen LogP contribution in [-0.4, -0.2) is 11.7 Å². The lowest BCUT2D eigenvalue weighted by Gasteiger charge is -1.96. The Kier molecular flexibility index (Phi) is 0.943. The van der Waals surface area contributed by atoms with Crippen molar-refractivity contribution in [2.45, 2.75) is 0 Å². The van der Waals surface area contributed by atoms with Gasteiger partial charge in [-0.2, -0.15) is 0 Å². The van der Waals surface area contributed by atoms with Gasteiger partial charge >= 0.3 is 0 Å². The predicted molar refractivity (Wildman–Crippen MR) is 40.8 cm³/mol. The van der Waals surface area contributed by atoms with Gasteiger partial charge in [-0.3, -0.25) is 0 Å². The van der Waals surface area contributed by atoms with Gasteiger partial charge in [0.1, 0.15) is 0 Å². The van der Waals surface area contributed by atoms with Gasteiger partial charge in [0.25, 0.3) is 0 Å². The zero-order valence-corrected chi connectivity index (χ0v) is 5.39. The second-order valence-electron chi connectivity index (χ2n) is 2.20. The molecule has 1 aliphatic heterocycles. The van der Waals surface area contributed by atoms with E-state index < -0.39 is 0 Å². The summed E-state index contributed by atoms with van der Waals surface area (Å²) in [4.78, 5) is 4.06. The van der Waals surface area contributed by atoms with E-state index in [0.29, 0.717) is 5.69 Å². The Morgan fingerprint density at radius 1 is 1.50 bits per heavy atom. The molecule has 0 saturated heterocycles. The van der Waals surface area contributed by atoms with Gasteiger partial charge in [0.15, 0.2) is 5.82 Å². The third-order valence-corrected chi connectivity index (χ3v) is 1.44. The number of hydrogen-bond donors (Lipinski definition) is 3. The first-order valence-electron chi connectivity index (χ1n) is 3.09. The summed E-state index contributed by atoms with van der Waals surface area (Å²) in [5.74, 6) is 0.884. The highest BCUT2D eigenvalue weighted by Gasteiger charge is 2.08. The van der Waals surface area contributed by atoms with E-state index in [4.69, 9.17) is 5.73 Å². The molecule has 0 saturated carbocycles. The van der Waals surface area contributed by atoms with Crippen molar-refractivity contribution in [3.8, 4) is 0 Å². The van der Waals surface area contributed by atoms with E-state index in [1.54, 1.807) is 6.20 Å². The number of pyridine rings is 1. The zero-order valence-electron chi connectivity index (χ0n) is 5.39. The van der Waals surface area contributed by atoms with Crippen LogP contribution in [0.1, 0.15) is 0 Å². The van der Waals surface area contributed by atoms with E-state index in [-0.39, 0.29) is 0 Å². The molecule has 1 aliphatic rings. The van der Waals surface area contributed by atoms with Crippen LogP contribution in [0.4, 0.5) is 17.2 Å². The zero-order chi connectivity index (χ0) is 6.97. The summed E-state index contributed by atoms with van der Waals surface area (Å²) >= 11 is 0. The highest BCUT2D eigenvalue weighted by molar-refractivity contribution is 5.72. The Hall–Kier alpha value is -1.45. The van der Waals surface area contributed by atoms with E-state index in [1.165, 1.54) is 0 Å². The quantitative estimate of drug-likeness (QED) is 0.485. The highest BCUT2D eigenvalue weighted by Crippen LogP contribution is 2.24. The molecule has 0 aliphatic carbocycles. The minimum absolute atomic E-state index is 0.690. The van der Waals surface area contributed by atoms with Gasteiger partial charge in [-0.15, -0.1) is 0 Å². The van der Waals surface area contributed by atoms with E-state index in [9.17, 15) is 0 Å². The average molecular weight is 136 g/mol. The molecule has 0 radical (unpaired) electrons. The lowest BCUT2D eigenvalue weighted by molar-refractivity contribution is 1.27. The second kappa shape index (κ2) is 1.76. The van der Waals surface area contributed by atoms with Gasteiger partial charge in [-0.05, 0) is 6.07 Å². The van der Waals surface area contributed by atoms with Gasteiger partial charge < -0.3 is 16.4 Å². The van der Waals surface area contributed by atoms with Crippen molar-refractivity contribution in [3.05, 3.63) is 12.3 Å². The summed E-state index contributed by atoms with van der Waals surface area (Å²) in [6.07, 6.45) is 1.64. The van der Waals surface area contributed by atoms with E-state index in [1.807, 2.05) is 6.07 Å². The fraction of sp³-hybridized carbons (Fsp3) is 0.167. The van der Waals surface area contributed by atoms with Crippen LogP contribution in [0.15, 0.2) is 12.3 Å². The van der Waals surface area contributed by atoms with Crippen LogP contribution in [0.2, 0.25) is 0 Å². The van der Waals surface area contributed by atoms with Crippen molar-refractivity contribution in [2.24, 2.45) is 0 Å². The molecule has 0 unspecified atom stereocenters. The summed E-state index contributed by atoms with van der Waals surface area (Å²) in [6.45, 7) is 0.742. The number of nitrogen functional groups attached to an aromatic ring is 1. The first kappa shape index (κ1) is 5.34. The summed E-state index contributed by atoms with van der Waals surface area (Å²) < 4.78 is 0. The standard InChI is InChI=1S/C6H8N4/c7-4-1-5-6(8-2-4)10-3-9-5/h1-2,9H,3,7H2,(H,8,10). The largest absolute Gasteiger partial charge is 0.397 e. The molecule has 2 rings (SSSR count). The lowest BCUT2D eigenvalue weighted by Crippen LogP contribution is -1.99. The van der Waals surface area contributed by atoms with Crippen LogP contribution in [0, 0.1) is 0 Å². The smallest absolute Gasteiger partial charge is 0.150 e. The highest BCUT2D eigenvalue weighted by atomic mass is 15.2. The molecule has 52 valence electrons. The Bertz CT molecular complexity index is 258. The molecule has 1 aromatic rings. The molecule has 0 bridgehead atoms. The lowest BCUT2D eigenvalue weighted by atomic mass is 10.4. The van der Waals surface area contributed by atoms with Crippen molar-refractivity contribution < 1.29 is 0 Å². The Morgan fingerprint density at radius 2 is 2.40 bits per heavy atom. The molecule has 4 N–H and O–H groups in total. The van der Waals surface area contributed by atoms with Gasteiger partial charge in [-0.25, -0.2) is 4.98 Å². The molecular formula is C6H8N4. The molecule has 4 nitrogen and oxygen atoms in total. The molecule has 1 aromatic heterocycles. The van der Waals surface area contributed by atoms with Crippen molar-refractivity contribution in [2.75, 3.05) is 23.0 Å². The van der Waals surface area contributed by atoms with E-state index in [0.717, 1.165) is 18.2 Å². The van der Waals surface area contributed by atoms with Gasteiger partial charge in [0.2, 0.25) is 0 Å². The summed E-state index contributed by atoms with van der Waals surface area (Å²) in [6, 6.07) is 1.86. The predicted octanol–water partition coefficient (Wildman–Crippen LogP) is 0.459. The number of nitrogens with zero attached hydrogens (tertiary/aromatic N) is 1. The number of nitrogens with one attached hydrogen (secondary N) is 2. The number of nitrogens with two attached hydrogens (primary N) is 1. The Balaban J connectivity index is 2.52. The van der Waals surface area contributed by atoms with Crippen LogP contribution in [0.5, 0.6) is 0 Å². The van der Waals surface area contributed by atoms with Crippen LogP contribution < -0.4 is 16.4 Å². The Morgan fingerprint density at radius 3 is 3.30 bits per heavy atom.